The number of ketones is 1. The number of ether oxygens (including phenoxy) is 2. The van der Waals surface area contributed by atoms with Crippen LogP contribution in [0.5, 0.6) is 11.5 Å². The summed E-state index contributed by atoms with van der Waals surface area (Å²) < 4.78 is 12.5. The number of halogens is 3. The van der Waals surface area contributed by atoms with Crippen LogP contribution in [0.4, 0.5) is 0 Å². The Balaban J connectivity index is 1.55. The summed E-state index contributed by atoms with van der Waals surface area (Å²) in [6.45, 7) is 0.213. The largest absolute Gasteiger partial charge is 0.489 e. The molecule has 0 aliphatic carbocycles. The van der Waals surface area contributed by atoms with Gasteiger partial charge < -0.3 is 9.47 Å². The van der Waals surface area contributed by atoms with Gasteiger partial charge in [0, 0.05) is 26.1 Å². The van der Waals surface area contributed by atoms with E-state index in [0.29, 0.717) is 32.7 Å². The van der Waals surface area contributed by atoms with Gasteiger partial charge in [-0.3, -0.25) is 4.79 Å². The van der Waals surface area contributed by atoms with Crippen molar-refractivity contribution >= 4 is 51.0 Å². The Morgan fingerprint density at radius 1 is 1.00 bits per heavy atom. The molecule has 0 saturated heterocycles. The molecule has 0 spiro atoms. The molecule has 0 radical (unpaired) electrons. The molecule has 3 aromatic rings. The van der Waals surface area contributed by atoms with Crippen LogP contribution in [-0.4, -0.2) is 5.78 Å². The second-order valence-electron chi connectivity index (χ2n) is 6.11. The van der Waals surface area contributed by atoms with E-state index >= 15 is 0 Å². The monoisotopic (exact) mass is 474 g/mol. The third-order valence-corrected chi connectivity index (χ3v) is 5.71. The average molecular weight is 476 g/mol. The number of rotatable bonds is 4. The standard InChI is InChI=1S/C22H13BrCl2O3/c23-17-5-2-1-4-13(17)10-21-22(26)15-9-8-14(11-20(15)28-21)27-12-16-18(24)6-3-7-19(16)25/h1-11H,12H2/b21-10-. The second kappa shape index (κ2) is 8.00. The number of allylic oxidation sites excluding steroid dienone is 1. The molecule has 0 saturated carbocycles. The molecule has 3 nitrogen and oxygen atoms in total. The van der Waals surface area contributed by atoms with Crippen LogP contribution in [-0.2, 0) is 6.61 Å². The summed E-state index contributed by atoms with van der Waals surface area (Å²) in [6.07, 6.45) is 1.72. The first-order chi connectivity index (χ1) is 13.5. The van der Waals surface area contributed by atoms with Crippen LogP contribution in [0.15, 0.2) is 70.9 Å². The zero-order valence-corrected chi connectivity index (χ0v) is 17.5. The number of Topliss-reactive ketones (excluding diaryl/α,β-unsaturated/α-hetero) is 1. The van der Waals surface area contributed by atoms with Gasteiger partial charge >= 0.3 is 0 Å². The van der Waals surface area contributed by atoms with Crippen LogP contribution in [0.1, 0.15) is 21.5 Å². The van der Waals surface area contributed by atoms with Gasteiger partial charge in [0.15, 0.2) is 5.76 Å². The van der Waals surface area contributed by atoms with Crippen molar-refractivity contribution in [3.05, 3.63) is 97.6 Å². The molecule has 3 aromatic carbocycles. The van der Waals surface area contributed by atoms with Gasteiger partial charge in [-0.2, -0.15) is 0 Å². The van der Waals surface area contributed by atoms with E-state index in [2.05, 4.69) is 15.9 Å². The van der Waals surface area contributed by atoms with Crippen molar-refractivity contribution in [2.24, 2.45) is 0 Å². The fraction of sp³-hybridized carbons (Fsp3) is 0.0455. The van der Waals surface area contributed by atoms with Gasteiger partial charge in [-0.05, 0) is 42.0 Å². The lowest BCUT2D eigenvalue weighted by Gasteiger charge is -2.10. The van der Waals surface area contributed by atoms with Crippen LogP contribution in [0.25, 0.3) is 6.08 Å². The number of fused-ring (bicyclic) bond motifs is 1. The first-order valence-corrected chi connectivity index (χ1v) is 9.96. The molecular formula is C22H13BrCl2O3. The minimum atomic E-state index is -0.161. The molecule has 0 aromatic heterocycles. The first-order valence-electron chi connectivity index (χ1n) is 8.41. The molecular weight excluding hydrogens is 463 g/mol. The Morgan fingerprint density at radius 2 is 1.75 bits per heavy atom. The predicted molar refractivity (Wildman–Crippen MR) is 114 cm³/mol. The maximum atomic E-state index is 12.6. The molecule has 0 unspecified atom stereocenters. The number of hydrogen-bond acceptors (Lipinski definition) is 3. The summed E-state index contributed by atoms with van der Waals surface area (Å²) >= 11 is 15.8. The summed E-state index contributed by atoms with van der Waals surface area (Å²) in [7, 11) is 0. The van der Waals surface area contributed by atoms with Gasteiger partial charge in [0.1, 0.15) is 18.1 Å². The average Bonchev–Trinajstić information content (AvgIpc) is 2.98. The van der Waals surface area contributed by atoms with Gasteiger partial charge in [0.25, 0.3) is 0 Å². The van der Waals surface area contributed by atoms with E-state index in [1.54, 1.807) is 42.5 Å². The maximum Gasteiger partial charge on any atom is 0.231 e. The molecule has 0 atom stereocenters. The first kappa shape index (κ1) is 19.1. The highest BCUT2D eigenvalue weighted by Gasteiger charge is 2.28. The lowest BCUT2D eigenvalue weighted by Crippen LogP contribution is -1.98. The molecule has 4 rings (SSSR count). The number of carbonyl (C=O) groups is 1. The predicted octanol–water partition coefficient (Wildman–Crippen LogP) is 6.95. The Hall–Kier alpha value is -2.27. The molecule has 0 N–H and O–H groups in total. The summed E-state index contributed by atoms with van der Waals surface area (Å²) in [6, 6.07) is 18.0. The van der Waals surface area contributed by atoms with Crippen molar-refractivity contribution in [3.63, 3.8) is 0 Å². The van der Waals surface area contributed by atoms with Crippen LogP contribution >= 0.6 is 39.1 Å². The summed E-state index contributed by atoms with van der Waals surface area (Å²) in [5.74, 6) is 1.13. The van der Waals surface area contributed by atoms with E-state index in [1.165, 1.54) is 0 Å². The number of hydrogen-bond donors (Lipinski definition) is 0. The highest BCUT2D eigenvalue weighted by Crippen LogP contribution is 2.36. The van der Waals surface area contributed by atoms with Gasteiger partial charge in [-0.25, -0.2) is 0 Å². The number of benzene rings is 3. The third-order valence-electron chi connectivity index (χ3n) is 4.28. The zero-order chi connectivity index (χ0) is 19.7. The molecule has 1 aliphatic rings. The van der Waals surface area contributed by atoms with E-state index < -0.39 is 0 Å². The summed E-state index contributed by atoms with van der Waals surface area (Å²) in [5.41, 5.74) is 2.07. The zero-order valence-electron chi connectivity index (χ0n) is 14.4. The smallest absolute Gasteiger partial charge is 0.231 e. The Labute approximate surface area is 180 Å². The fourth-order valence-electron chi connectivity index (χ4n) is 2.82. The van der Waals surface area contributed by atoms with Crippen molar-refractivity contribution in [3.8, 4) is 11.5 Å². The Morgan fingerprint density at radius 3 is 2.50 bits per heavy atom. The van der Waals surface area contributed by atoms with Crippen molar-refractivity contribution in [2.75, 3.05) is 0 Å². The molecule has 0 fully saturated rings. The SMILES string of the molecule is O=C1/C(=C/c2ccccc2Br)Oc2cc(OCc3c(Cl)cccc3Cl)ccc21. The highest BCUT2D eigenvalue weighted by molar-refractivity contribution is 9.10. The molecule has 6 heteroatoms. The van der Waals surface area contributed by atoms with Crippen molar-refractivity contribution < 1.29 is 14.3 Å². The molecule has 28 heavy (non-hydrogen) atoms. The molecule has 140 valence electrons. The third kappa shape index (κ3) is 3.81. The molecule has 0 amide bonds. The van der Waals surface area contributed by atoms with Gasteiger partial charge in [0.05, 0.1) is 5.56 Å². The highest BCUT2D eigenvalue weighted by atomic mass is 79.9. The lowest BCUT2D eigenvalue weighted by molar-refractivity contribution is 0.101. The summed E-state index contributed by atoms with van der Waals surface area (Å²) in [5, 5.41) is 1.08. The van der Waals surface area contributed by atoms with Gasteiger partial charge in [-0.1, -0.05) is 63.4 Å². The normalized spacial score (nSPS) is 14.1. The van der Waals surface area contributed by atoms with Crippen LogP contribution in [0, 0.1) is 0 Å². The minimum Gasteiger partial charge on any atom is -0.489 e. The fourth-order valence-corrected chi connectivity index (χ4v) is 3.72. The van der Waals surface area contributed by atoms with Gasteiger partial charge in [0.2, 0.25) is 5.78 Å². The summed E-state index contributed by atoms with van der Waals surface area (Å²) in [4.78, 5) is 12.6. The van der Waals surface area contributed by atoms with E-state index in [4.69, 9.17) is 32.7 Å². The van der Waals surface area contributed by atoms with Gasteiger partial charge in [-0.15, -0.1) is 0 Å². The van der Waals surface area contributed by atoms with E-state index in [9.17, 15) is 4.79 Å². The maximum absolute atomic E-state index is 12.6. The lowest BCUT2D eigenvalue weighted by atomic mass is 10.1. The van der Waals surface area contributed by atoms with Crippen molar-refractivity contribution in [2.45, 2.75) is 6.61 Å². The number of carbonyl (C=O) groups excluding carboxylic acids is 1. The second-order valence-corrected chi connectivity index (χ2v) is 7.78. The topological polar surface area (TPSA) is 35.5 Å². The van der Waals surface area contributed by atoms with Crippen LogP contribution in [0.3, 0.4) is 0 Å². The van der Waals surface area contributed by atoms with Crippen LogP contribution < -0.4 is 9.47 Å². The minimum absolute atomic E-state index is 0.161. The van der Waals surface area contributed by atoms with Crippen molar-refractivity contribution in [1.82, 2.24) is 0 Å². The van der Waals surface area contributed by atoms with E-state index in [1.807, 2.05) is 24.3 Å². The van der Waals surface area contributed by atoms with Crippen LogP contribution in [0.2, 0.25) is 10.0 Å². The Kier molecular flexibility index (Phi) is 5.44. The molecule has 1 heterocycles. The van der Waals surface area contributed by atoms with E-state index in [0.717, 1.165) is 10.0 Å². The molecule has 0 bridgehead atoms. The quantitative estimate of drug-likeness (QED) is 0.383. The van der Waals surface area contributed by atoms with Crippen molar-refractivity contribution in [1.29, 1.82) is 0 Å². The Bertz CT molecular complexity index is 1090. The van der Waals surface area contributed by atoms with E-state index in [-0.39, 0.29) is 18.1 Å². The molecule has 1 aliphatic heterocycles.